The number of hydrogen-bond donors (Lipinski definition) is 1. The molecule has 0 aliphatic rings. The van der Waals surface area contributed by atoms with Gasteiger partial charge in [0.2, 0.25) is 0 Å². The Morgan fingerprint density at radius 2 is 1.95 bits per heavy atom. The fraction of sp³-hybridized carbons (Fsp3) is 0.143. The van der Waals surface area contributed by atoms with E-state index in [-0.39, 0.29) is 18.3 Å². The van der Waals surface area contributed by atoms with Crippen molar-refractivity contribution in [3.63, 3.8) is 0 Å². The lowest BCUT2D eigenvalue weighted by atomic mass is 10.1. The van der Waals surface area contributed by atoms with Crippen LogP contribution in [-0.2, 0) is 0 Å². The van der Waals surface area contributed by atoms with Crippen LogP contribution < -0.4 is 10.5 Å². The molecule has 0 heterocycles. The number of ether oxygens (including phenoxy) is 1. The van der Waals surface area contributed by atoms with Gasteiger partial charge in [-0.1, -0.05) is 30.3 Å². The minimum atomic E-state index is -0.462. The van der Waals surface area contributed by atoms with Crippen LogP contribution in [0.5, 0.6) is 5.75 Å². The summed E-state index contributed by atoms with van der Waals surface area (Å²) in [5.41, 5.74) is 6.95. The van der Waals surface area contributed by atoms with Gasteiger partial charge < -0.3 is 10.5 Å². The standard InChI is InChI=1S/C14H13BrN2O3/c15-12-7-6-11(17(18)19)8-14(12)20-9-13(16)10-4-2-1-3-5-10/h1-8,13H,9,16H2. The summed E-state index contributed by atoms with van der Waals surface area (Å²) in [5.74, 6) is 0.408. The first kappa shape index (κ1) is 14.5. The summed E-state index contributed by atoms with van der Waals surface area (Å²) in [6.45, 7) is 0.240. The van der Waals surface area contributed by atoms with E-state index in [4.69, 9.17) is 10.5 Å². The van der Waals surface area contributed by atoms with Gasteiger partial charge in [-0.15, -0.1) is 0 Å². The third-order valence-electron chi connectivity index (χ3n) is 2.77. The second kappa shape index (κ2) is 6.49. The highest BCUT2D eigenvalue weighted by Crippen LogP contribution is 2.29. The molecule has 0 saturated heterocycles. The Bertz CT molecular complexity index is 605. The van der Waals surface area contributed by atoms with E-state index in [1.807, 2.05) is 30.3 Å². The van der Waals surface area contributed by atoms with E-state index in [1.165, 1.54) is 12.1 Å². The van der Waals surface area contributed by atoms with Crippen molar-refractivity contribution in [2.75, 3.05) is 6.61 Å². The zero-order valence-corrected chi connectivity index (χ0v) is 12.1. The van der Waals surface area contributed by atoms with Gasteiger partial charge in [-0.05, 0) is 27.6 Å². The predicted molar refractivity (Wildman–Crippen MR) is 79.7 cm³/mol. The van der Waals surface area contributed by atoms with E-state index < -0.39 is 4.92 Å². The lowest BCUT2D eigenvalue weighted by Gasteiger charge is -2.14. The van der Waals surface area contributed by atoms with Crippen molar-refractivity contribution in [2.45, 2.75) is 6.04 Å². The quantitative estimate of drug-likeness (QED) is 0.670. The molecular weight excluding hydrogens is 324 g/mol. The van der Waals surface area contributed by atoms with Crippen LogP contribution in [0.2, 0.25) is 0 Å². The monoisotopic (exact) mass is 336 g/mol. The smallest absolute Gasteiger partial charge is 0.273 e. The normalized spacial score (nSPS) is 11.9. The van der Waals surface area contributed by atoms with Gasteiger partial charge in [0, 0.05) is 6.07 Å². The molecule has 6 heteroatoms. The highest BCUT2D eigenvalue weighted by Gasteiger charge is 2.12. The number of nitro benzene ring substituents is 1. The largest absolute Gasteiger partial charge is 0.490 e. The fourth-order valence-corrected chi connectivity index (χ4v) is 2.05. The van der Waals surface area contributed by atoms with Gasteiger partial charge in [0.05, 0.1) is 21.5 Å². The van der Waals surface area contributed by atoms with E-state index >= 15 is 0 Å². The van der Waals surface area contributed by atoms with E-state index in [0.717, 1.165) is 5.56 Å². The lowest BCUT2D eigenvalue weighted by molar-refractivity contribution is -0.385. The van der Waals surface area contributed by atoms with Crippen molar-refractivity contribution in [1.82, 2.24) is 0 Å². The van der Waals surface area contributed by atoms with Crippen LogP contribution in [0.1, 0.15) is 11.6 Å². The van der Waals surface area contributed by atoms with Crippen molar-refractivity contribution in [3.8, 4) is 5.75 Å². The predicted octanol–water partition coefficient (Wildman–Crippen LogP) is 3.44. The van der Waals surface area contributed by atoms with Crippen molar-refractivity contribution >= 4 is 21.6 Å². The van der Waals surface area contributed by atoms with Crippen LogP contribution in [-0.4, -0.2) is 11.5 Å². The maximum atomic E-state index is 10.7. The van der Waals surface area contributed by atoms with Gasteiger partial charge in [0.1, 0.15) is 12.4 Å². The van der Waals surface area contributed by atoms with Crippen LogP contribution in [0.15, 0.2) is 53.0 Å². The third kappa shape index (κ3) is 3.55. The summed E-state index contributed by atoms with van der Waals surface area (Å²) in [6.07, 6.45) is 0. The lowest BCUT2D eigenvalue weighted by Crippen LogP contribution is -2.19. The molecule has 0 saturated carbocycles. The average Bonchev–Trinajstić information content (AvgIpc) is 2.46. The highest BCUT2D eigenvalue weighted by molar-refractivity contribution is 9.10. The Morgan fingerprint density at radius 1 is 1.25 bits per heavy atom. The zero-order chi connectivity index (χ0) is 14.5. The van der Waals surface area contributed by atoms with Gasteiger partial charge >= 0.3 is 0 Å². The Labute approximate surface area is 124 Å². The van der Waals surface area contributed by atoms with Crippen LogP contribution in [0, 0.1) is 10.1 Å². The first-order valence-electron chi connectivity index (χ1n) is 5.95. The summed E-state index contributed by atoms with van der Waals surface area (Å²) in [7, 11) is 0. The molecule has 2 N–H and O–H groups in total. The highest BCUT2D eigenvalue weighted by atomic mass is 79.9. The van der Waals surface area contributed by atoms with Crippen LogP contribution >= 0.6 is 15.9 Å². The van der Waals surface area contributed by atoms with Gasteiger partial charge in [0.25, 0.3) is 5.69 Å². The second-order valence-electron chi connectivity index (χ2n) is 4.20. The summed E-state index contributed by atoms with van der Waals surface area (Å²) in [4.78, 5) is 10.3. The van der Waals surface area contributed by atoms with E-state index in [0.29, 0.717) is 10.2 Å². The number of nitrogens with two attached hydrogens (primary N) is 1. The molecule has 20 heavy (non-hydrogen) atoms. The first-order valence-corrected chi connectivity index (χ1v) is 6.74. The molecule has 104 valence electrons. The zero-order valence-electron chi connectivity index (χ0n) is 10.5. The minimum Gasteiger partial charge on any atom is -0.490 e. The summed E-state index contributed by atoms with van der Waals surface area (Å²) >= 11 is 3.30. The number of hydrogen-bond acceptors (Lipinski definition) is 4. The second-order valence-corrected chi connectivity index (χ2v) is 5.05. The molecule has 0 bridgehead atoms. The minimum absolute atomic E-state index is 0.0171. The molecule has 0 radical (unpaired) electrons. The summed E-state index contributed by atoms with van der Waals surface area (Å²) in [6, 6.07) is 13.6. The van der Waals surface area contributed by atoms with Crippen LogP contribution in [0.25, 0.3) is 0 Å². The molecule has 2 rings (SSSR count). The third-order valence-corrected chi connectivity index (χ3v) is 3.43. The van der Waals surface area contributed by atoms with E-state index in [2.05, 4.69) is 15.9 Å². The molecule has 0 spiro atoms. The fourth-order valence-electron chi connectivity index (χ4n) is 1.69. The number of nitrogens with zero attached hydrogens (tertiary/aromatic N) is 1. The maximum absolute atomic E-state index is 10.7. The summed E-state index contributed by atoms with van der Waals surface area (Å²) < 4.78 is 6.22. The number of benzene rings is 2. The molecule has 2 aromatic carbocycles. The molecule has 1 atom stereocenters. The van der Waals surface area contributed by atoms with Gasteiger partial charge in [-0.2, -0.15) is 0 Å². The van der Waals surface area contributed by atoms with Gasteiger partial charge in [0.15, 0.2) is 0 Å². The topological polar surface area (TPSA) is 78.4 Å². The maximum Gasteiger partial charge on any atom is 0.273 e. The van der Waals surface area contributed by atoms with E-state index in [1.54, 1.807) is 6.07 Å². The van der Waals surface area contributed by atoms with Crippen molar-refractivity contribution in [3.05, 3.63) is 68.7 Å². The average molecular weight is 337 g/mol. The van der Waals surface area contributed by atoms with Gasteiger partial charge in [-0.25, -0.2) is 0 Å². The van der Waals surface area contributed by atoms with Crippen molar-refractivity contribution in [2.24, 2.45) is 5.73 Å². The van der Waals surface area contributed by atoms with Crippen molar-refractivity contribution < 1.29 is 9.66 Å². The van der Waals surface area contributed by atoms with Gasteiger partial charge in [-0.3, -0.25) is 10.1 Å². The Morgan fingerprint density at radius 3 is 2.60 bits per heavy atom. The number of non-ortho nitro benzene ring substituents is 1. The van der Waals surface area contributed by atoms with Crippen LogP contribution in [0.4, 0.5) is 5.69 Å². The number of rotatable bonds is 5. The molecule has 0 aromatic heterocycles. The molecule has 0 amide bonds. The molecule has 0 aliphatic heterocycles. The molecule has 2 aromatic rings. The van der Waals surface area contributed by atoms with Crippen LogP contribution in [0.3, 0.4) is 0 Å². The van der Waals surface area contributed by atoms with Crippen molar-refractivity contribution in [1.29, 1.82) is 0 Å². The molecule has 5 nitrogen and oxygen atoms in total. The number of nitro groups is 1. The Kier molecular flexibility index (Phi) is 4.70. The first-order chi connectivity index (χ1) is 9.58. The Hall–Kier alpha value is -1.92. The summed E-state index contributed by atoms with van der Waals surface area (Å²) in [5, 5.41) is 10.7. The molecule has 1 unspecified atom stereocenters. The molecular formula is C14H13BrN2O3. The molecule has 0 fully saturated rings. The SMILES string of the molecule is NC(COc1cc([N+](=O)[O-])ccc1Br)c1ccccc1. The Balaban J connectivity index is 2.07. The number of halogens is 1. The molecule has 0 aliphatic carbocycles. The van der Waals surface area contributed by atoms with E-state index in [9.17, 15) is 10.1 Å².